The van der Waals surface area contributed by atoms with Crippen LogP contribution in [0.15, 0.2) is 18.2 Å². The Morgan fingerprint density at radius 1 is 1.31 bits per heavy atom. The number of nitrogens with zero attached hydrogens (tertiary/aromatic N) is 2. The second-order valence-corrected chi connectivity index (χ2v) is 9.80. The van der Waals surface area contributed by atoms with Gasteiger partial charge in [-0.25, -0.2) is 18.4 Å². The third-order valence-corrected chi connectivity index (χ3v) is 6.81. The second kappa shape index (κ2) is 13.4. The molecule has 2 rings (SSSR count). The van der Waals surface area contributed by atoms with Crippen molar-refractivity contribution >= 4 is 37.1 Å². The molecule has 3 N–H and O–H groups in total. The highest BCUT2D eigenvalue weighted by Gasteiger charge is 2.41. The van der Waals surface area contributed by atoms with Gasteiger partial charge in [-0.1, -0.05) is 32.6 Å². The zero-order valence-electron chi connectivity index (χ0n) is 19.9. The molecule has 0 bridgehead atoms. The number of hydrogen-bond donors (Lipinski definition) is 3. The smallest absolute Gasteiger partial charge is 0.442 e. The molecule has 1 heterocycles. The first-order chi connectivity index (χ1) is 16.6. The van der Waals surface area contributed by atoms with E-state index < -0.39 is 44.2 Å². The number of aliphatic hydroxyl groups is 1. The Hall–Kier alpha value is -2.69. The maximum atomic E-state index is 14.3. The Morgan fingerprint density at radius 2 is 2.03 bits per heavy atom. The normalized spacial score (nSPS) is 17.0. The fourth-order valence-corrected chi connectivity index (χ4v) is 4.74. The number of halogens is 1. The summed E-state index contributed by atoms with van der Waals surface area (Å²) in [6, 6.07) is 3.96. The topological polar surface area (TPSA) is 146 Å². The van der Waals surface area contributed by atoms with Crippen LogP contribution >= 0.6 is 7.75 Å². The van der Waals surface area contributed by atoms with Gasteiger partial charge in [0, 0.05) is 19.9 Å². The van der Waals surface area contributed by atoms with E-state index in [-0.39, 0.29) is 37.5 Å². The van der Waals surface area contributed by atoms with E-state index in [0.29, 0.717) is 11.1 Å². The van der Waals surface area contributed by atoms with Gasteiger partial charge in [0.05, 0.1) is 31.1 Å². The zero-order chi connectivity index (χ0) is 26.0. The molecule has 0 aromatic heterocycles. The minimum absolute atomic E-state index is 0.0546. The van der Waals surface area contributed by atoms with Gasteiger partial charge in [0.25, 0.3) is 0 Å². The number of anilines is 2. The summed E-state index contributed by atoms with van der Waals surface area (Å²) in [7, 11) is -4.83. The number of amides is 2. The quantitative estimate of drug-likeness (QED) is 0.250. The molecule has 2 atom stereocenters. The molecule has 1 aromatic rings. The minimum Gasteiger partial charge on any atom is -0.442 e. The van der Waals surface area contributed by atoms with Crippen molar-refractivity contribution in [3.05, 3.63) is 24.0 Å². The molecule has 1 fully saturated rings. The van der Waals surface area contributed by atoms with Crippen molar-refractivity contribution in [1.29, 1.82) is 0 Å². The molecule has 11 nitrogen and oxygen atoms in total. The maximum absolute atomic E-state index is 14.3. The van der Waals surface area contributed by atoms with E-state index in [0.717, 1.165) is 43.6 Å². The Kier molecular flexibility index (Phi) is 10.9. The van der Waals surface area contributed by atoms with Crippen LogP contribution in [0.1, 0.15) is 52.4 Å². The number of nitrogens with one attached hydrogen (secondary N) is 1. The molecule has 2 unspecified atom stereocenters. The molecule has 13 heteroatoms. The maximum Gasteiger partial charge on any atom is 0.490 e. The summed E-state index contributed by atoms with van der Waals surface area (Å²) in [5.74, 6) is -2.39. The first-order valence-corrected chi connectivity index (χ1v) is 13.1. The highest BCUT2D eigenvalue weighted by atomic mass is 31.2. The lowest BCUT2D eigenvalue weighted by Gasteiger charge is -2.26. The van der Waals surface area contributed by atoms with Crippen LogP contribution in [0.25, 0.3) is 0 Å². The van der Waals surface area contributed by atoms with E-state index in [4.69, 9.17) is 14.4 Å². The molecule has 1 aromatic carbocycles. The van der Waals surface area contributed by atoms with Crippen LogP contribution in [-0.4, -0.2) is 65.0 Å². The largest absolute Gasteiger partial charge is 0.490 e. The highest BCUT2D eigenvalue weighted by molar-refractivity contribution is 7.51. The van der Waals surface area contributed by atoms with Crippen LogP contribution in [0, 0.1) is 5.82 Å². The summed E-state index contributed by atoms with van der Waals surface area (Å²) in [6.07, 6.45) is 2.38. The van der Waals surface area contributed by atoms with Gasteiger partial charge in [0.15, 0.2) is 0 Å². The van der Waals surface area contributed by atoms with Crippen LogP contribution in [-0.2, 0) is 23.4 Å². The molecule has 1 saturated heterocycles. The van der Waals surface area contributed by atoms with E-state index in [2.05, 4.69) is 12.2 Å². The van der Waals surface area contributed by atoms with Crippen molar-refractivity contribution in [2.45, 2.75) is 58.5 Å². The lowest BCUT2D eigenvalue weighted by Crippen LogP contribution is -2.36. The number of unbranched alkanes of at least 4 members (excludes halogenated alkanes) is 4. The van der Waals surface area contributed by atoms with E-state index in [9.17, 15) is 28.2 Å². The number of ether oxygens (including phenoxy) is 1. The molecule has 1 aliphatic heterocycles. The van der Waals surface area contributed by atoms with Gasteiger partial charge in [0.1, 0.15) is 11.9 Å². The highest BCUT2D eigenvalue weighted by Crippen LogP contribution is 2.47. The third kappa shape index (κ3) is 8.48. The molecular weight excluding hydrogens is 484 g/mol. The Labute approximate surface area is 203 Å². The SMILES string of the molecule is CCCCCCCC(=O)OP(=O)(O)N(CC1CN(c2ccc(NCCO)c(F)c2)C(=O)O1)C(C)=O. The third-order valence-electron chi connectivity index (χ3n) is 5.32. The Bertz CT molecular complexity index is 947. The van der Waals surface area contributed by atoms with E-state index in [1.807, 2.05) is 0 Å². The number of carbonyl (C=O) groups is 3. The van der Waals surface area contributed by atoms with Crippen molar-refractivity contribution in [3.63, 3.8) is 0 Å². The molecule has 0 aliphatic carbocycles. The molecule has 0 radical (unpaired) electrons. The summed E-state index contributed by atoms with van der Waals surface area (Å²) in [4.78, 5) is 47.8. The predicted molar refractivity (Wildman–Crippen MR) is 126 cm³/mol. The van der Waals surface area contributed by atoms with Gasteiger partial charge in [-0.2, -0.15) is 0 Å². The van der Waals surface area contributed by atoms with Crippen molar-refractivity contribution in [2.75, 3.05) is 36.5 Å². The van der Waals surface area contributed by atoms with E-state index >= 15 is 0 Å². The van der Waals surface area contributed by atoms with Crippen LogP contribution in [0.5, 0.6) is 0 Å². The number of hydrogen-bond acceptors (Lipinski definition) is 8. The van der Waals surface area contributed by atoms with Gasteiger partial charge in [-0.05, 0) is 24.6 Å². The summed E-state index contributed by atoms with van der Waals surface area (Å²) < 4.78 is 37.4. The predicted octanol–water partition coefficient (Wildman–Crippen LogP) is 3.41. The molecule has 1 aliphatic rings. The Morgan fingerprint density at radius 3 is 2.66 bits per heavy atom. The zero-order valence-corrected chi connectivity index (χ0v) is 20.8. The fraction of sp³-hybridized carbons (Fsp3) is 0.591. The first-order valence-electron chi connectivity index (χ1n) is 11.5. The number of rotatable bonds is 14. The fourth-order valence-electron chi connectivity index (χ4n) is 3.54. The average Bonchev–Trinajstić information content (AvgIpc) is 3.16. The van der Waals surface area contributed by atoms with Gasteiger partial charge >= 0.3 is 19.8 Å². The van der Waals surface area contributed by atoms with Gasteiger partial charge in [0.2, 0.25) is 5.91 Å². The summed E-state index contributed by atoms with van der Waals surface area (Å²) >= 11 is 0. The molecule has 196 valence electrons. The van der Waals surface area contributed by atoms with Crippen LogP contribution < -0.4 is 10.2 Å². The molecule has 2 amide bonds. The lowest BCUT2D eigenvalue weighted by atomic mass is 10.1. The Balaban J connectivity index is 2.00. The average molecular weight is 517 g/mol. The van der Waals surface area contributed by atoms with Gasteiger partial charge in [-0.3, -0.25) is 19.4 Å². The monoisotopic (exact) mass is 517 g/mol. The van der Waals surface area contributed by atoms with Gasteiger partial charge in [-0.15, -0.1) is 0 Å². The number of carbonyl (C=O) groups excluding carboxylic acids is 3. The standard InChI is InChI=1S/C22H33FN3O8P/c1-3-4-5-6-7-8-21(29)34-35(31,32)26(16(2)28)15-18-14-25(22(30)33-18)17-9-10-20(19(23)13-17)24-11-12-27/h9-10,13,18,24,27H,3-8,11-12,14-15H2,1-2H3,(H,31,32). The van der Waals surface area contributed by atoms with E-state index in [1.54, 1.807) is 0 Å². The van der Waals surface area contributed by atoms with Crippen LogP contribution in [0.4, 0.5) is 20.6 Å². The molecule has 0 spiro atoms. The van der Waals surface area contributed by atoms with Crippen molar-refractivity contribution in [2.24, 2.45) is 0 Å². The van der Waals surface area contributed by atoms with Crippen molar-refractivity contribution in [3.8, 4) is 0 Å². The van der Waals surface area contributed by atoms with Crippen molar-refractivity contribution in [1.82, 2.24) is 4.67 Å². The van der Waals surface area contributed by atoms with Crippen molar-refractivity contribution < 1.29 is 42.6 Å². The summed E-state index contributed by atoms with van der Waals surface area (Å²) in [5, 5.41) is 11.5. The second-order valence-electron chi connectivity index (χ2n) is 8.15. The minimum atomic E-state index is -4.83. The van der Waals surface area contributed by atoms with E-state index in [1.165, 1.54) is 12.1 Å². The molecular formula is C22H33FN3O8P. The number of benzene rings is 1. The lowest BCUT2D eigenvalue weighted by molar-refractivity contribution is -0.136. The van der Waals surface area contributed by atoms with Crippen LogP contribution in [0.2, 0.25) is 0 Å². The summed E-state index contributed by atoms with van der Waals surface area (Å²) in [6.45, 7) is 2.43. The van der Waals surface area contributed by atoms with Crippen LogP contribution in [0.3, 0.4) is 0 Å². The number of aliphatic hydroxyl groups excluding tert-OH is 1. The summed E-state index contributed by atoms with van der Waals surface area (Å²) in [5.41, 5.74) is 0.323. The molecule has 0 saturated carbocycles. The molecule has 35 heavy (non-hydrogen) atoms. The number of cyclic esters (lactones) is 1. The first kappa shape index (κ1) is 28.5. The van der Waals surface area contributed by atoms with Gasteiger partial charge < -0.3 is 19.7 Å².